The fraction of sp³-hybridized carbons (Fsp3) is 0.538. The summed E-state index contributed by atoms with van der Waals surface area (Å²) in [4.78, 5) is 31.1. The van der Waals surface area contributed by atoms with Crippen molar-refractivity contribution in [2.75, 3.05) is 68.9 Å². The molecule has 0 aromatic carbocycles. The number of ether oxygens (including phenoxy) is 2. The lowest BCUT2D eigenvalue weighted by atomic mass is 9.95. The zero-order valence-corrected chi connectivity index (χ0v) is 24.6. The predicted molar refractivity (Wildman–Crippen MR) is 155 cm³/mol. The number of morpholine rings is 1. The number of aromatic nitrogens is 3. The van der Waals surface area contributed by atoms with Gasteiger partial charge in [-0.2, -0.15) is 0 Å². The molecule has 2 fully saturated rings. The Labute approximate surface area is 238 Å². The van der Waals surface area contributed by atoms with Crippen molar-refractivity contribution in [3.05, 3.63) is 23.2 Å². The van der Waals surface area contributed by atoms with Gasteiger partial charge in [0.1, 0.15) is 5.69 Å². The van der Waals surface area contributed by atoms with E-state index >= 15 is 0 Å². The maximum absolute atomic E-state index is 12.3. The van der Waals surface area contributed by atoms with Crippen LogP contribution in [0.2, 0.25) is 0 Å². The van der Waals surface area contributed by atoms with E-state index in [-0.39, 0.29) is 23.4 Å². The maximum atomic E-state index is 12.3. The van der Waals surface area contributed by atoms with Gasteiger partial charge in [-0.25, -0.2) is 23.4 Å². The highest BCUT2D eigenvalue weighted by Gasteiger charge is 2.26. The van der Waals surface area contributed by atoms with E-state index in [9.17, 15) is 13.2 Å². The van der Waals surface area contributed by atoms with Gasteiger partial charge in [-0.15, -0.1) is 11.3 Å². The number of sulfonamides is 1. The third-order valence-corrected chi connectivity index (χ3v) is 8.70. The summed E-state index contributed by atoms with van der Waals surface area (Å²) in [6.07, 6.45) is 4.40. The Balaban J connectivity index is 1.50. The number of pyridine rings is 1. The number of methoxy groups -OCH3 is 1. The first-order valence-corrected chi connectivity index (χ1v) is 16.2. The second-order valence-electron chi connectivity index (χ2n) is 10.0. The Kier molecular flexibility index (Phi) is 8.68. The van der Waals surface area contributed by atoms with Gasteiger partial charge in [-0.1, -0.05) is 0 Å². The summed E-state index contributed by atoms with van der Waals surface area (Å²) in [6, 6.07) is 1.70. The number of fused-ring (bicyclic) bond motifs is 1. The number of hydrogen-bond donors (Lipinski definition) is 2. The van der Waals surface area contributed by atoms with Crippen LogP contribution in [0.15, 0.2) is 17.6 Å². The fourth-order valence-electron chi connectivity index (χ4n) is 5.10. The fourth-order valence-corrected chi connectivity index (χ4v) is 6.65. The Hall–Kier alpha value is -3.07. The molecule has 0 spiro atoms. The molecule has 0 unspecified atom stereocenters. The topological polar surface area (TPSA) is 139 Å². The molecule has 0 saturated carbocycles. The first-order chi connectivity index (χ1) is 19.3. The number of nitrogens with one attached hydrogen (secondary N) is 2. The van der Waals surface area contributed by atoms with Crippen molar-refractivity contribution in [3.8, 4) is 17.1 Å². The zero-order valence-electron chi connectivity index (χ0n) is 23.0. The molecule has 3 aromatic heterocycles. The van der Waals surface area contributed by atoms with Crippen LogP contribution in [0.3, 0.4) is 0 Å². The Morgan fingerprint density at radius 3 is 2.62 bits per heavy atom. The lowest BCUT2D eigenvalue weighted by molar-refractivity contribution is -0.126. The van der Waals surface area contributed by atoms with Gasteiger partial charge < -0.3 is 19.7 Å². The van der Waals surface area contributed by atoms with Gasteiger partial charge in [-0.3, -0.25) is 14.4 Å². The van der Waals surface area contributed by atoms with E-state index in [0.717, 1.165) is 54.5 Å². The number of hydrogen-bond acceptors (Lipinski definition) is 11. The molecular weight excluding hydrogens is 554 g/mol. The van der Waals surface area contributed by atoms with Crippen LogP contribution in [0.5, 0.6) is 5.88 Å². The van der Waals surface area contributed by atoms with Crippen LogP contribution >= 0.6 is 11.3 Å². The lowest BCUT2D eigenvalue weighted by Gasteiger charge is -2.31. The van der Waals surface area contributed by atoms with E-state index in [4.69, 9.17) is 19.4 Å². The third kappa shape index (κ3) is 6.45. The van der Waals surface area contributed by atoms with Crippen LogP contribution in [0.1, 0.15) is 25.3 Å². The summed E-state index contributed by atoms with van der Waals surface area (Å²) in [7, 11) is -2.11. The number of carbonyl (C=O) groups is 1. The Bertz CT molecular complexity index is 1470. The number of likely N-dealkylation sites (tertiary alicyclic amines) is 1. The molecule has 12 nitrogen and oxygen atoms in total. The summed E-state index contributed by atoms with van der Waals surface area (Å²) in [5.41, 5.74) is 3.56. The standard InChI is InChI=1S/C26H35N7O5S2/c1-4-27-24(34)17-5-7-32(8-6-17)15-19-16-39-23-21(29-26(30-22(19)23)33-9-11-38-12-10-33)18-13-20(31-40(3,35)36)25(37-2)28-14-18/h13-14,16-17,31H,4-12,15H2,1-3H3,(H,27,34). The highest BCUT2D eigenvalue weighted by atomic mass is 32.2. The third-order valence-electron chi connectivity index (χ3n) is 7.09. The van der Waals surface area contributed by atoms with E-state index in [1.807, 2.05) is 6.92 Å². The minimum Gasteiger partial charge on any atom is -0.480 e. The number of rotatable bonds is 9. The molecule has 0 bridgehead atoms. The highest BCUT2D eigenvalue weighted by molar-refractivity contribution is 7.92. The van der Waals surface area contributed by atoms with Crippen molar-refractivity contribution < 1.29 is 22.7 Å². The molecular formula is C26H35N7O5S2. The van der Waals surface area contributed by atoms with E-state index in [0.29, 0.717) is 50.1 Å². The smallest absolute Gasteiger partial charge is 0.238 e. The summed E-state index contributed by atoms with van der Waals surface area (Å²) in [5.74, 6) is 0.993. The van der Waals surface area contributed by atoms with Crippen LogP contribution < -0.4 is 19.7 Å². The SMILES string of the molecule is CCNC(=O)C1CCN(Cc2csc3c(-c4cnc(OC)c(NS(C)(=O)=O)c4)nc(N4CCOCC4)nc23)CC1. The largest absolute Gasteiger partial charge is 0.480 e. The molecule has 1 amide bonds. The molecule has 0 atom stereocenters. The summed E-state index contributed by atoms with van der Waals surface area (Å²) < 4.78 is 38.3. The van der Waals surface area contributed by atoms with Crippen LogP contribution in [0.25, 0.3) is 21.5 Å². The molecule has 40 heavy (non-hydrogen) atoms. The van der Waals surface area contributed by atoms with E-state index in [1.165, 1.54) is 7.11 Å². The van der Waals surface area contributed by atoms with Gasteiger partial charge in [0.25, 0.3) is 0 Å². The predicted octanol–water partition coefficient (Wildman–Crippen LogP) is 2.32. The minimum atomic E-state index is -3.55. The minimum absolute atomic E-state index is 0.0644. The zero-order chi connectivity index (χ0) is 28.3. The van der Waals surface area contributed by atoms with E-state index in [1.54, 1.807) is 23.6 Å². The molecule has 5 heterocycles. The van der Waals surface area contributed by atoms with Gasteiger partial charge in [0.2, 0.25) is 27.8 Å². The highest BCUT2D eigenvalue weighted by Crippen LogP contribution is 2.37. The second-order valence-corrected chi connectivity index (χ2v) is 12.6. The molecule has 2 saturated heterocycles. The Morgan fingerprint density at radius 2 is 1.95 bits per heavy atom. The van der Waals surface area contributed by atoms with Crippen molar-refractivity contribution >= 4 is 49.1 Å². The van der Waals surface area contributed by atoms with Crippen molar-refractivity contribution in [3.63, 3.8) is 0 Å². The van der Waals surface area contributed by atoms with Crippen molar-refractivity contribution in [2.45, 2.75) is 26.3 Å². The quantitative estimate of drug-likeness (QED) is 0.382. The number of nitrogens with zero attached hydrogens (tertiary/aromatic N) is 5. The molecule has 2 aliphatic rings. The number of carbonyl (C=O) groups excluding carboxylic acids is 1. The normalized spacial score (nSPS) is 17.2. The van der Waals surface area contributed by atoms with Crippen LogP contribution in [-0.2, 0) is 26.1 Å². The maximum Gasteiger partial charge on any atom is 0.238 e. The van der Waals surface area contributed by atoms with Crippen molar-refractivity contribution in [1.29, 1.82) is 0 Å². The van der Waals surface area contributed by atoms with E-state index in [2.05, 4.69) is 30.2 Å². The lowest BCUT2D eigenvalue weighted by Crippen LogP contribution is -2.40. The molecule has 216 valence electrons. The van der Waals surface area contributed by atoms with Crippen LogP contribution in [0.4, 0.5) is 11.6 Å². The van der Waals surface area contributed by atoms with Crippen LogP contribution in [-0.4, -0.2) is 93.5 Å². The monoisotopic (exact) mass is 589 g/mol. The van der Waals surface area contributed by atoms with E-state index < -0.39 is 10.0 Å². The average molecular weight is 590 g/mol. The first kappa shape index (κ1) is 28.5. The molecule has 3 aromatic rings. The molecule has 14 heteroatoms. The molecule has 0 radical (unpaired) electrons. The first-order valence-electron chi connectivity index (χ1n) is 13.4. The number of amides is 1. The summed E-state index contributed by atoms with van der Waals surface area (Å²) in [6.45, 7) is 7.57. The summed E-state index contributed by atoms with van der Waals surface area (Å²) in [5, 5.41) is 5.06. The van der Waals surface area contributed by atoms with Gasteiger partial charge >= 0.3 is 0 Å². The van der Waals surface area contributed by atoms with Gasteiger partial charge in [0, 0.05) is 49.4 Å². The average Bonchev–Trinajstić information content (AvgIpc) is 3.35. The molecule has 0 aliphatic carbocycles. The Morgan fingerprint density at radius 1 is 1.20 bits per heavy atom. The second kappa shape index (κ2) is 12.2. The number of piperidine rings is 1. The van der Waals surface area contributed by atoms with Crippen molar-refractivity contribution in [1.82, 2.24) is 25.2 Å². The molecule has 2 N–H and O–H groups in total. The van der Waals surface area contributed by atoms with Crippen molar-refractivity contribution in [2.24, 2.45) is 5.92 Å². The van der Waals surface area contributed by atoms with Gasteiger partial charge in [-0.05, 0) is 44.3 Å². The van der Waals surface area contributed by atoms with Gasteiger partial charge in [0.15, 0.2) is 0 Å². The van der Waals surface area contributed by atoms with Gasteiger partial charge in [0.05, 0.1) is 42.5 Å². The summed E-state index contributed by atoms with van der Waals surface area (Å²) >= 11 is 1.56. The van der Waals surface area contributed by atoms with Crippen LogP contribution in [0, 0.1) is 5.92 Å². The molecule has 2 aliphatic heterocycles. The number of thiophene rings is 1. The number of anilines is 2. The molecule has 5 rings (SSSR count).